The Bertz CT molecular complexity index is 1050. The zero-order valence-electron chi connectivity index (χ0n) is 25.9. The quantitative estimate of drug-likeness (QED) is 0.125. The summed E-state index contributed by atoms with van der Waals surface area (Å²) >= 11 is 0. The molecular formula is C34H51NO6. The average molecular weight is 570 g/mol. The first-order valence-electron chi connectivity index (χ1n) is 15.9. The van der Waals surface area contributed by atoms with Crippen LogP contribution in [0.25, 0.3) is 0 Å². The summed E-state index contributed by atoms with van der Waals surface area (Å²) in [6.45, 7) is 14.4. The molecule has 0 aliphatic heterocycles. The monoisotopic (exact) mass is 569 g/mol. The fraction of sp³-hybridized carbons (Fsp3) is 0.794. The summed E-state index contributed by atoms with van der Waals surface area (Å²) in [5.74, 6) is 0.799. The number of carbonyl (C=O) groups is 4. The van der Waals surface area contributed by atoms with Gasteiger partial charge in [0.2, 0.25) is 0 Å². The van der Waals surface area contributed by atoms with E-state index in [1.165, 1.54) is 6.92 Å². The number of aldehydes is 1. The van der Waals surface area contributed by atoms with E-state index in [1.54, 1.807) is 13.1 Å². The molecule has 41 heavy (non-hydrogen) atoms. The minimum absolute atomic E-state index is 0.0440. The number of rotatable bonds is 11. The van der Waals surface area contributed by atoms with Crippen LogP contribution in [-0.2, 0) is 28.7 Å². The Morgan fingerprint density at radius 3 is 2.59 bits per heavy atom. The lowest BCUT2D eigenvalue weighted by atomic mass is 9.38. The van der Waals surface area contributed by atoms with Crippen molar-refractivity contribution in [1.82, 2.24) is 0 Å². The zero-order valence-corrected chi connectivity index (χ0v) is 25.9. The summed E-state index contributed by atoms with van der Waals surface area (Å²) in [5, 5.41) is 0. The number of Topliss-reactive ketones (excluding diaryl/α,β-unsaturated/α-hetero) is 1. The molecule has 0 aromatic heterocycles. The van der Waals surface area contributed by atoms with Crippen LogP contribution < -0.4 is 0 Å². The predicted octanol–water partition coefficient (Wildman–Crippen LogP) is 6.32. The molecule has 7 nitrogen and oxygen atoms in total. The summed E-state index contributed by atoms with van der Waals surface area (Å²) in [6, 6.07) is -0.533. The van der Waals surface area contributed by atoms with Gasteiger partial charge in [0.1, 0.15) is 18.4 Å². The summed E-state index contributed by atoms with van der Waals surface area (Å²) in [7, 11) is 0. The van der Waals surface area contributed by atoms with Crippen molar-refractivity contribution in [3.8, 4) is 0 Å². The van der Waals surface area contributed by atoms with Crippen molar-refractivity contribution >= 4 is 30.2 Å². The first-order chi connectivity index (χ1) is 19.5. The first kappa shape index (κ1) is 31.6. The van der Waals surface area contributed by atoms with Crippen molar-refractivity contribution in [3.05, 3.63) is 12.7 Å². The van der Waals surface area contributed by atoms with Gasteiger partial charge in [-0.05, 0) is 105 Å². The van der Waals surface area contributed by atoms with Crippen LogP contribution in [0.3, 0.4) is 0 Å². The van der Waals surface area contributed by atoms with Crippen LogP contribution in [0.4, 0.5) is 0 Å². The van der Waals surface area contributed by atoms with Gasteiger partial charge in [0.15, 0.2) is 5.78 Å². The average Bonchev–Trinajstić information content (AvgIpc) is 3.28. The minimum Gasteiger partial charge on any atom is -0.466 e. The smallest absolute Gasteiger partial charge is 0.311 e. The number of ether oxygens (including phenoxy) is 2. The predicted molar refractivity (Wildman–Crippen MR) is 158 cm³/mol. The molecule has 0 bridgehead atoms. The van der Waals surface area contributed by atoms with Crippen LogP contribution in [-0.4, -0.2) is 49.0 Å². The van der Waals surface area contributed by atoms with Gasteiger partial charge in [-0.3, -0.25) is 19.4 Å². The molecule has 4 fully saturated rings. The summed E-state index contributed by atoms with van der Waals surface area (Å²) in [4.78, 5) is 55.2. The third kappa shape index (κ3) is 5.47. The Labute approximate surface area is 246 Å². The lowest BCUT2D eigenvalue weighted by Gasteiger charge is -2.66. The zero-order chi connectivity index (χ0) is 30.0. The van der Waals surface area contributed by atoms with E-state index < -0.39 is 11.5 Å². The number of esters is 2. The van der Waals surface area contributed by atoms with Gasteiger partial charge in [-0.15, -0.1) is 6.58 Å². The van der Waals surface area contributed by atoms with Crippen LogP contribution in [0.2, 0.25) is 0 Å². The van der Waals surface area contributed by atoms with Crippen molar-refractivity contribution in [2.24, 2.45) is 50.8 Å². The summed E-state index contributed by atoms with van der Waals surface area (Å²) in [6.07, 6.45) is 13.1. The molecule has 0 saturated heterocycles. The number of carbonyl (C=O) groups excluding carboxylic acids is 4. The van der Waals surface area contributed by atoms with Gasteiger partial charge in [0.05, 0.1) is 13.0 Å². The van der Waals surface area contributed by atoms with Gasteiger partial charge in [-0.25, -0.2) is 0 Å². The van der Waals surface area contributed by atoms with Gasteiger partial charge in [-0.2, -0.15) is 0 Å². The Balaban J connectivity index is 1.77. The summed E-state index contributed by atoms with van der Waals surface area (Å²) in [5.41, 5.74) is -0.823. The van der Waals surface area contributed by atoms with Crippen molar-refractivity contribution < 1.29 is 28.7 Å². The van der Waals surface area contributed by atoms with Gasteiger partial charge in [-0.1, -0.05) is 26.8 Å². The van der Waals surface area contributed by atoms with E-state index >= 15 is 0 Å². The molecule has 4 rings (SSSR count). The van der Waals surface area contributed by atoms with E-state index in [2.05, 4.69) is 27.4 Å². The van der Waals surface area contributed by atoms with E-state index in [0.717, 1.165) is 64.1 Å². The molecule has 0 N–H and O–H groups in total. The molecule has 4 aliphatic rings. The molecule has 4 aliphatic carbocycles. The summed E-state index contributed by atoms with van der Waals surface area (Å²) < 4.78 is 10.9. The molecule has 0 radical (unpaired) electrons. The number of nitrogens with zero attached hydrogens (tertiary/aromatic N) is 1. The molecule has 0 aromatic rings. The second-order valence-corrected chi connectivity index (χ2v) is 13.8. The van der Waals surface area contributed by atoms with E-state index in [4.69, 9.17) is 14.5 Å². The fourth-order valence-electron chi connectivity index (χ4n) is 10.3. The van der Waals surface area contributed by atoms with Crippen molar-refractivity contribution in [1.29, 1.82) is 0 Å². The maximum absolute atomic E-state index is 14.9. The maximum atomic E-state index is 14.9. The van der Waals surface area contributed by atoms with Crippen molar-refractivity contribution in [3.63, 3.8) is 0 Å². The Morgan fingerprint density at radius 1 is 1.17 bits per heavy atom. The van der Waals surface area contributed by atoms with Crippen LogP contribution in [0.15, 0.2) is 17.6 Å². The molecule has 10 atom stereocenters. The highest BCUT2D eigenvalue weighted by molar-refractivity contribution is 5.94. The Morgan fingerprint density at radius 2 is 1.93 bits per heavy atom. The van der Waals surface area contributed by atoms with E-state index in [1.807, 2.05) is 6.08 Å². The molecule has 0 spiro atoms. The van der Waals surface area contributed by atoms with Crippen LogP contribution in [0.5, 0.6) is 0 Å². The topological polar surface area (TPSA) is 99.1 Å². The number of fused-ring (bicyclic) bond motifs is 5. The molecule has 0 amide bonds. The van der Waals surface area contributed by atoms with Crippen LogP contribution >= 0.6 is 0 Å². The number of ketones is 1. The number of allylic oxidation sites excluding steroid dienone is 1. The highest BCUT2D eigenvalue weighted by atomic mass is 16.5. The number of hydrogen-bond acceptors (Lipinski definition) is 7. The van der Waals surface area contributed by atoms with E-state index in [-0.39, 0.29) is 64.7 Å². The Hall–Kier alpha value is -2.31. The van der Waals surface area contributed by atoms with Crippen molar-refractivity contribution in [2.45, 2.75) is 117 Å². The van der Waals surface area contributed by atoms with Crippen LogP contribution in [0, 0.1) is 45.8 Å². The molecule has 228 valence electrons. The second-order valence-electron chi connectivity index (χ2n) is 13.8. The molecule has 7 heteroatoms. The molecule has 4 saturated carbocycles. The minimum atomic E-state index is -0.533. The van der Waals surface area contributed by atoms with E-state index in [0.29, 0.717) is 18.9 Å². The molecule has 8 unspecified atom stereocenters. The van der Waals surface area contributed by atoms with Gasteiger partial charge >= 0.3 is 11.9 Å². The first-order valence-corrected chi connectivity index (χ1v) is 15.9. The molecular weight excluding hydrogens is 518 g/mol. The largest absolute Gasteiger partial charge is 0.466 e. The highest BCUT2D eigenvalue weighted by Gasteiger charge is 2.70. The molecule has 0 heterocycles. The lowest BCUT2D eigenvalue weighted by Crippen LogP contribution is -2.66. The highest BCUT2D eigenvalue weighted by Crippen LogP contribution is 2.72. The normalized spacial score (nSPS) is 40.7. The Kier molecular flexibility index (Phi) is 9.65. The lowest BCUT2D eigenvalue weighted by molar-refractivity contribution is -0.193. The van der Waals surface area contributed by atoms with Crippen molar-refractivity contribution in [2.75, 3.05) is 6.61 Å². The maximum Gasteiger partial charge on any atom is 0.311 e. The standard InChI is InChI=1S/C34H51NO6/c1-7-16-34-18-14-25-27-12-11-26(22(3)10-9-20-36)33(27,6)31(39)30(35-19-15-28(38)40-8-2)29(25)32(34,5)17-13-24(21-34)41-23(4)37/h7,19-20,22,24-27,29-30H,1,8-18,21H2,2-6H3/t22-,24-,25?,26?,27?,29?,30?,32?,33?,34?/m1/s1. The number of hydrogen-bond donors (Lipinski definition) is 0. The molecule has 0 aromatic carbocycles. The SMILES string of the molecule is C=CCC12CCC3C4CCC([C@H](C)CCC=O)C4(C)C(=O)C(N=CCC(=O)OCC)C3C1(C)CC[C@@H](OC(C)=O)C2. The second kappa shape index (κ2) is 12.5. The fourth-order valence-corrected chi connectivity index (χ4v) is 10.3. The third-order valence-corrected chi connectivity index (χ3v) is 12.1. The number of aliphatic imine (C=N–C) groups is 1. The van der Waals surface area contributed by atoms with Gasteiger partial charge < -0.3 is 14.3 Å². The van der Waals surface area contributed by atoms with Gasteiger partial charge in [0, 0.05) is 25.0 Å². The third-order valence-electron chi connectivity index (χ3n) is 12.1. The van der Waals surface area contributed by atoms with Crippen LogP contribution in [0.1, 0.15) is 105 Å². The van der Waals surface area contributed by atoms with Gasteiger partial charge in [0.25, 0.3) is 0 Å². The van der Waals surface area contributed by atoms with E-state index in [9.17, 15) is 19.2 Å².